The lowest BCUT2D eigenvalue weighted by Crippen LogP contribution is -2.25. The van der Waals surface area contributed by atoms with Crippen LogP contribution in [0.5, 0.6) is 0 Å². The summed E-state index contributed by atoms with van der Waals surface area (Å²) in [5.74, 6) is -4.83. The molecule has 0 bridgehead atoms. The van der Waals surface area contributed by atoms with E-state index in [0.29, 0.717) is 34.9 Å². The fraction of sp³-hybridized carbons (Fsp3) is 0.222. The fourth-order valence-corrected chi connectivity index (χ4v) is 2.80. The van der Waals surface area contributed by atoms with Gasteiger partial charge in [0.2, 0.25) is 0 Å². The standard InChI is InChI=1S/C18H16F3N3O/c19-14-5-10(6-15(20)17(14)21)18(25)24-8-13-11(9-1-2-9)3-4-16(23)12(13)7-22/h3-7,9,22H,1-2,8,23H2,(H,24,25). The number of anilines is 1. The average molecular weight is 347 g/mol. The molecule has 1 saturated carbocycles. The highest BCUT2D eigenvalue weighted by atomic mass is 19.2. The fourth-order valence-electron chi connectivity index (χ4n) is 2.80. The van der Waals surface area contributed by atoms with Crippen LogP contribution in [-0.4, -0.2) is 12.1 Å². The lowest BCUT2D eigenvalue weighted by atomic mass is 9.96. The molecular formula is C18H16F3N3O. The van der Waals surface area contributed by atoms with Gasteiger partial charge in [-0.3, -0.25) is 4.79 Å². The molecule has 3 rings (SSSR count). The van der Waals surface area contributed by atoms with E-state index in [9.17, 15) is 18.0 Å². The van der Waals surface area contributed by atoms with Crippen molar-refractivity contribution in [2.75, 3.05) is 5.73 Å². The number of nitrogen functional groups attached to an aromatic ring is 1. The topological polar surface area (TPSA) is 79.0 Å². The Hall–Kier alpha value is -2.83. The molecule has 4 nitrogen and oxygen atoms in total. The maximum atomic E-state index is 13.3. The predicted molar refractivity (Wildman–Crippen MR) is 88.2 cm³/mol. The lowest BCUT2D eigenvalue weighted by Gasteiger charge is -2.15. The summed E-state index contributed by atoms with van der Waals surface area (Å²) in [5.41, 5.74) is 8.23. The van der Waals surface area contributed by atoms with Gasteiger partial charge in [0.05, 0.1) is 0 Å². The van der Waals surface area contributed by atoms with Crippen molar-refractivity contribution in [1.29, 1.82) is 5.41 Å². The summed E-state index contributed by atoms with van der Waals surface area (Å²) in [6.45, 7) is 0.0566. The second-order valence-corrected chi connectivity index (χ2v) is 5.99. The van der Waals surface area contributed by atoms with E-state index >= 15 is 0 Å². The third-order valence-corrected chi connectivity index (χ3v) is 4.26. The monoisotopic (exact) mass is 347 g/mol. The normalized spacial score (nSPS) is 13.6. The van der Waals surface area contributed by atoms with E-state index in [1.165, 1.54) is 0 Å². The zero-order valence-electron chi connectivity index (χ0n) is 13.2. The van der Waals surface area contributed by atoms with E-state index in [0.717, 1.165) is 24.6 Å². The molecule has 1 fully saturated rings. The quantitative estimate of drug-likeness (QED) is 0.440. The molecule has 2 aromatic rings. The van der Waals surface area contributed by atoms with Crippen molar-refractivity contribution in [2.24, 2.45) is 0 Å². The highest BCUT2D eigenvalue weighted by Gasteiger charge is 2.27. The Morgan fingerprint density at radius 1 is 1.24 bits per heavy atom. The molecule has 0 unspecified atom stereocenters. The number of carbonyl (C=O) groups is 1. The van der Waals surface area contributed by atoms with Gasteiger partial charge in [0.1, 0.15) is 0 Å². The van der Waals surface area contributed by atoms with Crippen LogP contribution in [0.1, 0.15) is 45.8 Å². The molecule has 0 spiro atoms. The second-order valence-electron chi connectivity index (χ2n) is 5.99. The summed E-state index contributed by atoms with van der Waals surface area (Å²) in [6.07, 6.45) is 3.17. The maximum Gasteiger partial charge on any atom is 0.251 e. The van der Waals surface area contributed by atoms with Crippen LogP contribution in [0.3, 0.4) is 0 Å². The smallest absolute Gasteiger partial charge is 0.251 e. The number of benzene rings is 2. The minimum atomic E-state index is -1.62. The second kappa shape index (κ2) is 6.58. The molecule has 25 heavy (non-hydrogen) atoms. The number of nitrogens with one attached hydrogen (secondary N) is 2. The molecule has 2 aromatic carbocycles. The Kier molecular flexibility index (Phi) is 4.48. The van der Waals surface area contributed by atoms with Crippen molar-refractivity contribution in [3.8, 4) is 0 Å². The van der Waals surface area contributed by atoms with E-state index < -0.39 is 23.4 Å². The first-order valence-corrected chi connectivity index (χ1v) is 7.76. The number of halogens is 3. The van der Waals surface area contributed by atoms with E-state index in [4.69, 9.17) is 11.1 Å². The first-order chi connectivity index (χ1) is 11.9. The van der Waals surface area contributed by atoms with E-state index in [-0.39, 0.29) is 12.1 Å². The van der Waals surface area contributed by atoms with Crippen molar-refractivity contribution < 1.29 is 18.0 Å². The molecule has 0 atom stereocenters. The number of hydrogen-bond donors (Lipinski definition) is 3. The Balaban J connectivity index is 1.85. The predicted octanol–water partition coefficient (Wildman–Crippen LogP) is 3.49. The molecular weight excluding hydrogens is 331 g/mol. The Bertz CT molecular complexity index is 840. The van der Waals surface area contributed by atoms with Gasteiger partial charge >= 0.3 is 0 Å². The first-order valence-electron chi connectivity index (χ1n) is 7.76. The van der Waals surface area contributed by atoms with Crippen molar-refractivity contribution in [1.82, 2.24) is 5.32 Å². The van der Waals surface area contributed by atoms with E-state index in [2.05, 4.69) is 5.32 Å². The molecule has 0 heterocycles. The molecule has 0 saturated heterocycles. The minimum Gasteiger partial charge on any atom is -0.398 e. The largest absolute Gasteiger partial charge is 0.398 e. The summed E-state index contributed by atoms with van der Waals surface area (Å²) in [6, 6.07) is 4.89. The number of carbonyl (C=O) groups excluding carboxylic acids is 1. The molecule has 1 amide bonds. The van der Waals surface area contributed by atoms with Crippen molar-refractivity contribution in [3.63, 3.8) is 0 Å². The van der Waals surface area contributed by atoms with Crippen LogP contribution >= 0.6 is 0 Å². The number of hydrogen-bond acceptors (Lipinski definition) is 3. The maximum absolute atomic E-state index is 13.3. The first kappa shape index (κ1) is 17.0. The van der Waals surface area contributed by atoms with Gasteiger partial charge in [0, 0.05) is 29.6 Å². The number of nitrogens with two attached hydrogens (primary N) is 1. The molecule has 0 aliphatic heterocycles. The van der Waals surface area contributed by atoms with Gasteiger partial charge in [-0.25, -0.2) is 13.2 Å². The van der Waals surface area contributed by atoms with Gasteiger partial charge in [-0.2, -0.15) is 0 Å². The van der Waals surface area contributed by atoms with Crippen molar-refractivity contribution in [3.05, 3.63) is 64.0 Å². The molecule has 4 N–H and O–H groups in total. The van der Waals surface area contributed by atoms with E-state index in [1.807, 2.05) is 6.07 Å². The van der Waals surface area contributed by atoms with Gasteiger partial charge < -0.3 is 16.5 Å². The summed E-state index contributed by atoms with van der Waals surface area (Å²) in [7, 11) is 0. The van der Waals surface area contributed by atoms with E-state index in [1.54, 1.807) is 6.07 Å². The Labute approximate surface area is 142 Å². The SMILES string of the molecule is N=Cc1c(N)ccc(C2CC2)c1CNC(=O)c1cc(F)c(F)c(F)c1. The van der Waals surface area contributed by atoms with Crippen LogP contribution in [0, 0.1) is 22.9 Å². The number of amides is 1. The molecule has 1 aliphatic rings. The highest BCUT2D eigenvalue weighted by Crippen LogP contribution is 2.43. The van der Waals surface area contributed by atoms with Gasteiger partial charge in [0.25, 0.3) is 5.91 Å². The van der Waals surface area contributed by atoms with Crippen LogP contribution in [0.25, 0.3) is 0 Å². The summed E-state index contributed by atoms with van der Waals surface area (Å²) in [5, 5.41) is 10.1. The summed E-state index contributed by atoms with van der Waals surface area (Å²) in [4.78, 5) is 12.2. The van der Waals surface area contributed by atoms with Crippen molar-refractivity contribution in [2.45, 2.75) is 25.3 Å². The van der Waals surface area contributed by atoms with Crippen molar-refractivity contribution >= 4 is 17.8 Å². The van der Waals surface area contributed by atoms with Crippen LogP contribution in [-0.2, 0) is 6.54 Å². The molecule has 0 radical (unpaired) electrons. The Morgan fingerprint density at radius 2 is 1.88 bits per heavy atom. The van der Waals surface area contributed by atoms with Crippen LogP contribution < -0.4 is 11.1 Å². The summed E-state index contributed by atoms with van der Waals surface area (Å²) < 4.78 is 39.5. The Morgan fingerprint density at radius 3 is 2.44 bits per heavy atom. The molecule has 130 valence electrons. The zero-order chi connectivity index (χ0) is 18.1. The average Bonchev–Trinajstić information content (AvgIpc) is 3.42. The molecule has 1 aliphatic carbocycles. The van der Waals surface area contributed by atoms with Crippen LogP contribution in [0.15, 0.2) is 24.3 Å². The van der Waals surface area contributed by atoms with Crippen LogP contribution in [0.4, 0.5) is 18.9 Å². The molecule has 0 aromatic heterocycles. The zero-order valence-corrected chi connectivity index (χ0v) is 13.2. The van der Waals surface area contributed by atoms with Crippen LogP contribution in [0.2, 0.25) is 0 Å². The highest BCUT2D eigenvalue weighted by molar-refractivity contribution is 5.94. The van der Waals surface area contributed by atoms with Gasteiger partial charge in [-0.1, -0.05) is 6.07 Å². The third-order valence-electron chi connectivity index (χ3n) is 4.26. The minimum absolute atomic E-state index is 0.0566. The van der Waals surface area contributed by atoms with Gasteiger partial charge in [0.15, 0.2) is 17.5 Å². The third kappa shape index (κ3) is 3.35. The van der Waals surface area contributed by atoms with Gasteiger partial charge in [-0.15, -0.1) is 0 Å². The number of rotatable bonds is 5. The molecule has 7 heteroatoms. The summed E-state index contributed by atoms with van der Waals surface area (Å²) >= 11 is 0. The lowest BCUT2D eigenvalue weighted by molar-refractivity contribution is 0.0949. The van der Waals surface area contributed by atoms with Gasteiger partial charge in [-0.05, 0) is 48.1 Å².